The minimum Gasteiger partial charge on any atom is -0.471 e. The van der Waals surface area contributed by atoms with Crippen LogP contribution in [0.4, 0.5) is 4.39 Å². The summed E-state index contributed by atoms with van der Waals surface area (Å²) in [7, 11) is 2.08. The number of aryl methyl sites for hydroxylation is 1. The highest BCUT2D eigenvalue weighted by atomic mass is 35.5. The molecule has 4 heterocycles. The second kappa shape index (κ2) is 9.18. The summed E-state index contributed by atoms with van der Waals surface area (Å²) in [6.07, 6.45) is 8.44. The number of halogens is 2. The Labute approximate surface area is 191 Å². The predicted octanol–water partition coefficient (Wildman–Crippen LogP) is 3.20. The Morgan fingerprint density at radius 3 is 2.97 bits per heavy atom. The molecule has 0 spiro atoms. The van der Waals surface area contributed by atoms with Crippen LogP contribution in [0.15, 0.2) is 59.4 Å². The van der Waals surface area contributed by atoms with Crippen LogP contribution in [-0.2, 0) is 20.0 Å². The molecule has 0 bridgehead atoms. The van der Waals surface area contributed by atoms with Gasteiger partial charge in [0.1, 0.15) is 11.6 Å². The molecule has 0 fully saturated rings. The fraction of sp³-hybridized carbons (Fsp3) is 0.304. The highest BCUT2D eigenvalue weighted by Crippen LogP contribution is 2.29. The Balaban J connectivity index is 0.00000245. The van der Waals surface area contributed by atoms with Crippen molar-refractivity contribution < 1.29 is 9.13 Å². The van der Waals surface area contributed by atoms with Gasteiger partial charge in [0.2, 0.25) is 0 Å². The highest BCUT2D eigenvalue weighted by Gasteiger charge is 2.18. The van der Waals surface area contributed by atoms with Gasteiger partial charge in [0, 0.05) is 36.9 Å². The third kappa shape index (κ3) is 4.16. The van der Waals surface area contributed by atoms with E-state index in [1.807, 2.05) is 12.1 Å². The number of fused-ring (bicyclic) bond motifs is 3. The maximum absolute atomic E-state index is 13.3. The van der Waals surface area contributed by atoms with E-state index in [4.69, 9.17) is 4.74 Å². The van der Waals surface area contributed by atoms with Crippen LogP contribution in [0, 0.1) is 0 Å². The van der Waals surface area contributed by atoms with E-state index >= 15 is 0 Å². The number of allylic oxidation sites excluding steroid dienone is 2. The maximum atomic E-state index is 13.3. The Morgan fingerprint density at radius 2 is 2.16 bits per heavy atom. The molecule has 9 heteroatoms. The molecule has 2 aliphatic heterocycles. The number of nitrogens with one attached hydrogen (secondary N) is 1. The molecule has 2 aliphatic rings. The van der Waals surface area contributed by atoms with Gasteiger partial charge in [-0.15, -0.1) is 12.4 Å². The number of ether oxygens (including phenoxy) is 1. The largest absolute Gasteiger partial charge is 0.471 e. The third-order valence-corrected chi connectivity index (χ3v) is 5.83. The SMILES string of the molecule is Cl.Cn1c2c(c3ccc(-n4ncc(OCN5C=CC=C(F)C5)cc4=O)cc31)CNCCC2. The quantitative estimate of drug-likeness (QED) is 0.651. The lowest BCUT2D eigenvalue weighted by Gasteiger charge is -2.21. The van der Waals surface area contributed by atoms with Crippen molar-refractivity contribution in [1.82, 2.24) is 24.6 Å². The molecular formula is C23H25ClFN5O2. The van der Waals surface area contributed by atoms with Gasteiger partial charge in [-0.3, -0.25) is 4.79 Å². The van der Waals surface area contributed by atoms with E-state index in [0.717, 1.165) is 31.4 Å². The van der Waals surface area contributed by atoms with Crippen LogP contribution in [0.3, 0.4) is 0 Å². The smallest absolute Gasteiger partial charge is 0.275 e. The Morgan fingerprint density at radius 1 is 1.28 bits per heavy atom. The standard InChI is InChI=1S/C23H24FN5O2.ClH/c1-27-21-5-2-8-25-13-20(21)19-7-6-17(10-22(19)27)29-23(30)11-18(12-26-29)31-15-28-9-3-4-16(24)14-28;/h3-4,6-7,9-12,25H,2,5,8,13-15H2,1H3;1H. The van der Waals surface area contributed by atoms with Crippen LogP contribution in [0.1, 0.15) is 17.7 Å². The topological polar surface area (TPSA) is 64.3 Å². The van der Waals surface area contributed by atoms with E-state index in [1.54, 1.807) is 17.2 Å². The first kappa shape index (κ1) is 22.1. The highest BCUT2D eigenvalue weighted by molar-refractivity contribution is 5.87. The van der Waals surface area contributed by atoms with E-state index in [-0.39, 0.29) is 37.1 Å². The summed E-state index contributed by atoms with van der Waals surface area (Å²) in [5, 5.41) is 8.99. The fourth-order valence-electron chi connectivity index (χ4n) is 4.28. The molecule has 0 saturated heterocycles. The molecule has 1 aromatic carbocycles. The molecule has 32 heavy (non-hydrogen) atoms. The molecule has 0 radical (unpaired) electrons. The summed E-state index contributed by atoms with van der Waals surface area (Å²) in [6.45, 7) is 2.18. The molecule has 0 atom stereocenters. The van der Waals surface area contributed by atoms with Crippen LogP contribution in [0.5, 0.6) is 5.75 Å². The third-order valence-electron chi connectivity index (χ3n) is 5.83. The van der Waals surface area contributed by atoms with Crippen LogP contribution in [0.2, 0.25) is 0 Å². The zero-order valence-electron chi connectivity index (χ0n) is 17.8. The number of nitrogens with zero attached hydrogens (tertiary/aromatic N) is 4. The average Bonchev–Trinajstić information content (AvgIpc) is 2.92. The van der Waals surface area contributed by atoms with Crippen molar-refractivity contribution in [3.63, 3.8) is 0 Å². The number of aromatic nitrogens is 3. The van der Waals surface area contributed by atoms with Crippen LogP contribution >= 0.6 is 12.4 Å². The first-order valence-corrected chi connectivity index (χ1v) is 10.4. The van der Waals surface area contributed by atoms with Gasteiger partial charge < -0.3 is 19.5 Å². The van der Waals surface area contributed by atoms with Gasteiger partial charge in [-0.2, -0.15) is 9.78 Å². The van der Waals surface area contributed by atoms with Gasteiger partial charge >= 0.3 is 0 Å². The second-order valence-corrected chi connectivity index (χ2v) is 7.88. The lowest BCUT2D eigenvalue weighted by molar-refractivity contribution is 0.172. The number of rotatable bonds is 4. The molecular weight excluding hydrogens is 433 g/mol. The van der Waals surface area contributed by atoms with Gasteiger partial charge in [0.05, 0.1) is 23.9 Å². The fourth-order valence-corrected chi connectivity index (χ4v) is 4.28. The van der Waals surface area contributed by atoms with Crippen LogP contribution in [0.25, 0.3) is 16.6 Å². The Kier molecular flexibility index (Phi) is 6.34. The molecule has 3 aromatic rings. The molecule has 1 N–H and O–H groups in total. The monoisotopic (exact) mass is 457 g/mol. The molecule has 0 saturated carbocycles. The van der Waals surface area contributed by atoms with Gasteiger partial charge in [-0.1, -0.05) is 6.07 Å². The number of hydrogen-bond acceptors (Lipinski definition) is 5. The summed E-state index contributed by atoms with van der Waals surface area (Å²) in [6, 6.07) is 7.41. The summed E-state index contributed by atoms with van der Waals surface area (Å²) < 4.78 is 22.5. The minimum atomic E-state index is -0.283. The average molecular weight is 458 g/mol. The van der Waals surface area contributed by atoms with E-state index in [0.29, 0.717) is 11.4 Å². The number of benzene rings is 1. The molecule has 5 rings (SSSR count). The number of hydrogen-bond donors (Lipinski definition) is 1. The Hall–Kier alpha value is -3.10. The molecule has 0 unspecified atom stereocenters. The maximum Gasteiger partial charge on any atom is 0.275 e. The summed E-state index contributed by atoms with van der Waals surface area (Å²) in [5.74, 6) is 0.117. The van der Waals surface area contributed by atoms with E-state index in [1.165, 1.54) is 39.7 Å². The van der Waals surface area contributed by atoms with E-state index in [9.17, 15) is 9.18 Å². The van der Waals surface area contributed by atoms with E-state index < -0.39 is 0 Å². The molecule has 0 aliphatic carbocycles. The van der Waals surface area contributed by atoms with Crippen molar-refractivity contribution in [2.24, 2.45) is 7.05 Å². The van der Waals surface area contributed by atoms with Gasteiger partial charge in [-0.05, 0) is 49.2 Å². The van der Waals surface area contributed by atoms with Crippen molar-refractivity contribution in [3.05, 3.63) is 76.3 Å². The minimum absolute atomic E-state index is 0. The van der Waals surface area contributed by atoms with Crippen molar-refractivity contribution >= 4 is 23.3 Å². The summed E-state index contributed by atoms with van der Waals surface area (Å²) in [4.78, 5) is 14.4. The summed E-state index contributed by atoms with van der Waals surface area (Å²) >= 11 is 0. The first-order chi connectivity index (χ1) is 15.1. The van der Waals surface area contributed by atoms with E-state index in [2.05, 4.69) is 28.1 Å². The molecule has 0 amide bonds. The van der Waals surface area contributed by atoms with Crippen molar-refractivity contribution in [2.45, 2.75) is 19.4 Å². The van der Waals surface area contributed by atoms with Gasteiger partial charge in [0.25, 0.3) is 5.56 Å². The first-order valence-electron chi connectivity index (χ1n) is 10.4. The van der Waals surface area contributed by atoms with Crippen molar-refractivity contribution in [2.75, 3.05) is 19.8 Å². The van der Waals surface area contributed by atoms with Gasteiger partial charge in [-0.25, -0.2) is 4.39 Å². The predicted molar refractivity (Wildman–Crippen MR) is 124 cm³/mol. The zero-order valence-corrected chi connectivity index (χ0v) is 18.6. The van der Waals surface area contributed by atoms with Crippen LogP contribution < -0.4 is 15.6 Å². The Bertz CT molecular complexity index is 1260. The second-order valence-electron chi connectivity index (χ2n) is 7.88. The van der Waals surface area contributed by atoms with Crippen molar-refractivity contribution in [1.29, 1.82) is 0 Å². The lowest BCUT2D eigenvalue weighted by atomic mass is 10.1. The molecule has 2 aromatic heterocycles. The normalized spacial score (nSPS) is 15.7. The van der Waals surface area contributed by atoms with Crippen molar-refractivity contribution in [3.8, 4) is 11.4 Å². The summed E-state index contributed by atoms with van der Waals surface area (Å²) in [5.41, 5.74) is 4.20. The molecule has 168 valence electrons. The molecule has 7 nitrogen and oxygen atoms in total. The lowest BCUT2D eigenvalue weighted by Crippen LogP contribution is -2.27. The van der Waals surface area contributed by atoms with Gasteiger partial charge in [0.15, 0.2) is 6.73 Å². The van der Waals surface area contributed by atoms with Crippen LogP contribution in [-0.4, -0.2) is 39.1 Å². The zero-order chi connectivity index (χ0) is 21.4.